The van der Waals surface area contributed by atoms with Crippen molar-refractivity contribution in [1.82, 2.24) is 10.2 Å². The Hall–Kier alpha value is -2.28. The maximum Gasteiger partial charge on any atom is 0.412 e. The summed E-state index contributed by atoms with van der Waals surface area (Å²) in [5.41, 5.74) is 0.882. The number of benzene rings is 1. The molecule has 1 aliphatic carbocycles. The fraction of sp³-hybridized carbons (Fsp3) is 0.400. The van der Waals surface area contributed by atoms with Crippen LogP contribution in [0.15, 0.2) is 52.3 Å². The number of rotatable bonds is 6. The maximum absolute atomic E-state index is 12.5. The highest BCUT2D eigenvalue weighted by Crippen LogP contribution is 2.39. The van der Waals surface area contributed by atoms with Crippen LogP contribution < -0.4 is 10.1 Å². The minimum atomic E-state index is -0.428. The van der Waals surface area contributed by atoms with Crippen LogP contribution in [-0.4, -0.2) is 31.1 Å². The summed E-state index contributed by atoms with van der Waals surface area (Å²) in [7, 11) is 4.30. The zero-order chi connectivity index (χ0) is 22.7. The van der Waals surface area contributed by atoms with E-state index in [4.69, 9.17) is 20.8 Å². The van der Waals surface area contributed by atoms with E-state index in [0.29, 0.717) is 34.3 Å². The van der Waals surface area contributed by atoms with Crippen molar-refractivity contribution in [2.45, 2.75) is 44.7 Å². The van der Waals surface area contributed by atoms with E-state index >= 15 is 0 Å². The van der Waals surface area contributed by atoms with Gasteiger partial charge in [-0.15, -0.1) is 11.3 Å². The first-order valence-corrected chi connectivity index (χ1v) is 12.2. The van der Waals surface area contributed by atoms with E-state index in [-0.39, 0.29) is 6.04 Å². The number of furan rings is 1. The molecule has 2 heterocycles. The molecule has 32 heavy (non-hydrogen) atoms. The largest absolute Gasteiger partial charge is 0.457 e. The number of nitrogens with zero attached hydrogens (tertiary/aromatic N) is 1. The van der Waals surface area contributed by atoms with Gasteiger partial charge in [-0.25, -0.2) is 4.79 Å². The molecule has 7 heteroatoms. The summed E-state index contributed by atoms with van der Waals surface area (Å²) in [6.07, 6.45) is 3.64. The number of thiophene rings is 1. The van der Waals surface area contributed by atoms with E-state index < -0.39 is 6.09 Å². The van der Waals surface area contributed by atoms with E-state index in [2.05, 4.69) is 41.8 Å². The molecule has 170 valence electrons. The van der Waals surface area contributed by atoms with Gasteiger partial charge in [-0.3, -0.25) is 0 Å². The van der Waals surface area contributed by atoms with Crippen LogP contribution in [-0.2, 0) is 0 Å². The Balaban J connectivity index is 1.31. The molecule has 1 aliphatic rings. The summed E-state index contributed by atoms with van der Waals surface area (Å²) in [6.45, 7) is 1.79. The number of carbonyl (C=O) groups excluding carboxylic acids is 1. The Morgan fingerprint density at radius 3 is 2.53 bits per heavy atom. The van der Waals surface area contributed by atoms with E-state index in [1.165, 1.54) is 4.88 Å². The fourth-order valence-electron chi connectivity index (χ4n) is 4.57. The number of aryl methyl sites for hydroxylation is 1. The zero-order valence-electron chi connectivity index (χ0n) is 18.6. The van der Waals surface area contributed by atoms with Gasteiger partial charge >= 0.3 is 6.09 Å². The van der Waals surface area contributed by atoms with Crippen LogP contribution in [0.1, 0.15) is 42.4 Å². The summed E-state index contributed by atoms with van der Waals surface area (Å²) < 4.78 is 11.3. The van der Waals surface area contributed by atoms with E-state index in [0.717, 1.165) is 31.2 Å². The van der Waals surface area contributed by atoms with Gasteiger partial charge in [-0.1, -0.05) is 17.7 Å². The monoisotopic (exact) mass is 472 g/mol. The molecule has 0 saturated heterocycles. The topological polar surface area (TPSA) is 54.7 Å². The Morgan fingerprint density at radius 2 is 1.91 bits per heavy atom. The third-order valence-corrected chi connectivity index (χ3v) is 7.33. The Kier molecular flexibility index (Phi) is 7.23. The number of ether oxygens (including phenoxy) is 1. The molecule has 1 N–H and O–H groups in total. The summed E-state index contributed by atoms with van der Waals surface area (Å²) in [5, 5.41) is 5.85. The van der Waals surface area contributed by atoms with Crippen molar-refractivity contribution in [2.75, 3.05) is 14.1 Å². The lowest BCUT2D eigenvalue weighted by atomic mass is 9.80. The Bertz CT molecular complexity index is 1020. The molecule has 0 spiro atoms. The minimum absolute atomic E-state index is 0.132. The second-order valence-electron chi connectivity index (χ2n) is 8.61. The lowest BCUT2D eigenvalue weighted by Gasteiger charge is -2.36. The molecular weight excluding hydrogens is 444 g/mol. The van der Waals surface area contributed by atoms with E-state index in [1.807, 2.05) is 23.5 Å². The molecule has 1 atom stereocenters. The number of amides is 1. The smallest absolute Gasteiger partial charge is 0.412 e. The van der Waals surface area contributed by atoms with Crippen LogP contribution >= 0.6 is 22.9 Å². The molecule has 1 saturated carbocycles. The van der Waals surface area contributed by atoms with Crippen molar-refractivity contribution in [3.05, 3.63) is 63.5 Å². The Morgan fingerprint density at radius 1 is 1.19 bits per heavy atom. The lowest BCUT2D eigenvalue weighted by Crippen LogP contribution is -2.41. The first-order chi connectivity index (χ1) is 15.4. The van der Waals surface area contributed by atoms with Crippen LogP contribution in [0.25, 0.3) is 11.3 Å². The lowest BCUT2D eigenvalue weighted by molar-refractivity contribution is 0.153. The summed E-state index contributed by atoms with van der Waals surface area (Å²) in [6, 6.07) is 14.0. The summed E-state index contributed by atoms with van der Waals surface area (Å²) in [5.74, 6) is 2.24. The predicted molar refractivity (Wildman–Crippen MR) is 130 cm³/mol. The first kappa shape index (κ1) is 22.9. The average Bonchev–Trinajstić information content (AvgIpc) is 3.40. The zero-order valence-corrected chi connectivity index (χ0v) is 20.2. The van der Waals surface area contributed by atoms with Gasteiger partial charge in [0.1, 0.15) is 11.5 Å². The summed E-state index contributed by atoms with van der Waals surface area (Å²) >= 11 is 7.78. The van der Waals surface area contributed by atoms with Crippen LogP contribution in [0.3, 0.4) is 0 Å². The highest BCUT2D eigenvalue weighted by Gasteiger charge is 2.31. The van der Waals surface area contributed by atoms with E-state index in [9.17, 15) is 4.79 Å². The summed E-state index contributed by atoms with van der Waals surface area (Å²) in [4.78, 5) is 16.3. The second kappa shape index (κ2) is 10.1. The molecule has 5 nitrogen and oxygen atoms in total. The van der Waals surface area contributed by atoms with Gasteiger partial charge in [0.25, 0.3) is 0 Å². The van der Waals surface area contributed by atoms with Gasteiger partial charge in [0, 0.05) is 33.6 Å². The van der Waals surface area contributed by atoms with Crippen LogP contribution in [0.2, 0.25) is 5.02 Å². The second-order valence-corrected chi connectivity index (χ2v) is 10.0. The molecule has 0 radical (unpaired) electrons. The van der Waals surface area contributed by atoms with Crippen LogP contribution in [0, 0.1) is 12.8 Å². The molecule has 0 aliphatic heterocycles. The normalized spacial score (nSPS) is 19.7. The van der Waals surface area contributed by atoms with Crippen molar-refractivity contribution in [1.29, 1.82) is 0 Å². The standard InChI is InChI=1S/C25H29ClN2O3S/c1-16-21(15-22(30-16)17-6-10-19(26)11-7-17)31-25(29)27-20-12-8-18(9-13-20)24(28(2)3)23-5-4-14-32-23/h4-7,10-11,14-15,18,20,24H,8-9,12-13H2,1-3H3,(H,27,29). The van der Waals surface area contributed by atoms with Gasteiger partial charge in [0.15, 0.2) is 5.75 Å². The first-order valence-electron chi connectivity index (χ1n) is 10.9. The molecule has 0 bridgehead atoms. The molecule has 1 aromatic carbocycles. The average molecular weight is 473 g/mol. The van der Waals surface area contributed by atoms with Gasteiger partial charge in [-0.2, -0.15) is 0 Å². The fourth-order valence-corrected chi connectivity index (χ4v) is 5.71. The number of nitrogens with one attached hydrogen (secondary N) is 1. The van der Waals surface area contributed by atoms with Gasteiger partial charge < -0.3 is 19.4 Å². The van der Waals surface area contributed by atoms with Crippen molar-refractivity contribution in [3.63, 3.8) is 0 Å². The van der Waals surface area contributed by atoms with Crippen molar-refractivity contribution in [2.24, 2.45) is 5.92 Å². The van der Waals surface area contributed by atoms with Gasteiger partial charge in [0.2, 0.25) is 0 Å². The minimum Gasteiger partial charge on any atom is -0.457 e. The van der Waals surface area contributed by atoms with Crippen molar-refractivity contribution >= 4 is 29.0 Å². The van der Waals surface area contributed by atoms with Crippen LogP contribution in [0.5, 0.6) is 5.75 Å². The van der Waals surface area contributed by atoms with Crippen LogP contribution in [0.4, 0.5) is 4.79 Å². The van der Waals surface area contributed by atoms with Gasteiger partial charge in [-0.05, 0) is 88.3 Å². The van der Waals surface area contributed by atoms with E-state index in [1.54, 1.807) is 25.1 Å². The van der Waals surface area contributed by atoms with Crippen molar-refractivity contribution < 1.29 is 13.9 Å². The molecule has 2 aromatic heterocycles. The SMILES string of the molecule is Cc1oc(-c2ccc(Cl)cc2)cc1OC(=O)NC1CCC(C(c2cccs2)N(C)C)CC1. The number of carbonyl (C=O) groups is 1. The molecule has 3 aromatic rings. The quantitative estimate of drug-likeness (QED) is 0.423. The van der Waals surface area contributed by atoms with Gasteiger partial charge in [0.05, 0.1) is 0 Å². The molecular formula is C25H29ClN2O3S. The highest BCUT2D eigenvalue weighted by atomic mass is 35.5. The predicted octanol–water partition coefficient (Wildman–Crippen LogP) is 6.92. The molecule has 4 rings (SSSR count). The molecule has 1 unspecified atom stereocenters. The highest BCUT2D eigenvalue weighted by molar-refractivity contribution is 7.10. The third-order valence-electron chi connectivity index (χ3n) is 6.13. The molecule has 1 amide bonds. The maximum atomic E-state index is 12.5. The van der Waals surface area contributed by atoms with Crippen molar-refractivity contribution in [3.8, 4) is 17.1 Å². The molecule has 1 fully saturated rings. The third kappa shape index (κ3) is 5.37. The Labute approximate surface area is 198 Å². The number of hydrogen-bond donors (Lipinski definition) is 1. The number of hydrogen-bond acceptors (Lipinski definition) is 5. The number of halogens is 1.